The molecule has 0 saturated carbocycles. The zero-order chi connectivity index (χ0) is 18.0. The summed E-state index contributed by atoms with van der Waals surface area (Å²) in [7, 11) is 0. The van der Waals surface area contributed by atoms with Crippen LogP contribution < -0.4 is 11.0 Å². The molecule has 25 heavy (non-hydrogen) atoms. The van der Waals surface area contributed by atoms with Crippen LogP contribution in [0.1, 0.15) is 18.9 Å². The molecule has 0 radical (unpaired) electrons. The minimum absolute atomic E-state index is 0.152. The number of aryl methyl sites for hydroxylation is 1. The predicted molar refractivity (Wildman–Crippen MR) is 110 cm³/mol. The fourth-order valence-electron chi connectivity index (χ4n) is 2.46. The van der Waals surface area contributed by atoms with Crippen molar-refractivity contribution in [1.29, 1.82) is 0 Å². The van der Waals surface area contributed by atoms with Gasteiger partial charge in [0.15, 0.2) is 0 Å². The summed E-state index contributed by atoms with van der Waals surface area (Å²) in [5.41, 5.74) is 5.43. The maximum Gasteiger partial charge on any atom is 0.280 e. The molecule has 0 fully saturated rings. The fourth-order valence-corrected chi connectivity index (χ4v) is 4.16. The van der Waals surface area contributed by atoms with Crippen molar-refractivity contribution >= 4 is 55.9 Å². The monoisotopic (exact) mass is 437 g/mol. The Morgan fingerprint density at radius 3 is 2.88 bits per heavy atom. The zero-order valence-electron chi connectivity index (χ0n) is 13.8. The number of hydrogen-bond donors (Lipinski definition) is 1. The van der Waals surface area contributed by atoms with Crippen molar-refractivity contribution in [3.8, 4) is 0 Å². The summed E-state index contributed by atoms with van der Waals surface area (Å²) >= 11 is 11.3. The number of hydrogen-bond acceptors (Lipinski definition) is 4. The van der Waals surface area contributed by atoms with Gasteiger partial charge in [0.05, 0.1) is 16.6 Å². The molecular weight excluding hydrogens is 422 g/mol. The van der Waals surface area contributed by atoms with Crippen molar-refractivity contribution in [3.63, 3.8) is 0 Å². The molecule has 3 aromatic rings. The van der Waals surface area contributed by atoms with E-state index in [2.05, 4.69) is 33.3 Å². The third-order valence-electron chi connectivity index (χ3n) is 3.60. The molecule has 0 bridgehead atoms. The first-order chi connectivity index (χ1) is 12.0. The van der Waals surface area contributed by atoms with Crippen LogP contribution >= 0.6 is 39.3 Å². The van der Waals surface area contributed by atoms with Gasteiger partial charge in [-0.3, -0.25) is 10.2 Å². The van der Waals surface area contributed by atoms with Gasteiger partial charge in [-0.15, -0.1) is 11.8 Å². The van der Waals surface area contributed by atoms with Gasteiger partial charge in [-0.1, -0.05) is 18.5 Å². The van der Waals surface area contributed by atoms with Gasteiger partial charge in [0.2, 0.25) is 0 Å². The van der Waals surface area contributed by atoms with Crippen LogP contribution in [0.25, 0.3) is 10.9 Å². The molecule has 7 heteroatoms. The lowest BCUT2D eigenvalue weighted by molar-refractivity contribution is 0.873. The molecule has 0 aliphatic rings. The Bertz CT molecular complexity index is 990. The smallest absolute Gasteiger partial charge is 0.280 e. The van der Waals surface area contributed by atoms with Gasteiger partial charge in [0.25, 0.3) is 5.56 Å². The van der Waals surface area contributed by atoms with E-state index in [1.807, 2.05) is 37.3 Å². The van der Waals surface area contributed by atoms with Gasteiger partial charge in [-0.25, -0.2) is 9.66 Å². The van der Waals surface area contributed by atoms with Gasteiger partial charge in [0, 0.05) is 14.4 Å². The first-order valence-electron chi connectivity index (χ1n) is 7.86. The maximum atomic E-state index is 12.8. The summed E-state index contributed by atoms with van der Waals surface area (Å²) < 4.78 is 2.21. The van der Waals surface area contributed by atoms with E-state index in [-0.39, 0.29) is 5.56 Å². The summed E-state index contributed by atoms with van der Waals surface area (Å²) in [5.74, 6) is 0.993. The van der Waals surface area contributed by atoms with Crippen LogP contribution in [0.5, 0.6) is 0 Å². The summed E-state index contributed by atoms with van der Waals surface area (Å²) in [6.07, 6.45) is 2.57. The first kappa shape index (κ1) is 18.3. The molecule has 0 unspecified atom stereocenters. The highest BCUT2D eigenvalue weighted by Gasteiger charge is 2.10. The molecule has 0 aliphatic heterocycles. The average molecular weight is 439 g/mol. The zero-order valence-corrected chi connectivity index (χ0v) is 17.0. The average Bonchev–Trinajstić information content (AvgIpc) is 2.57. The van der Waals surface area contributed by atoms with Gasteiger partial charge < -0.3 is 0 Å². The summed E-state index contributed by atoms with van der Waals surface area (Å²) in [5, 5.41) is 1.18. The standard InChI is InChI=1S/C18H17BrClN3OS/c1-3-6-25-16-5-4-12(20)9-15(16)22-23-10-21-17-13(18(23)24)7-11(2)8-14(17)19/h4-5,7-10,22H,3,6H2,1-2H3. The van der Waals surface area contributed by atoms with Crippen LogP contribution in [0.3, 0.4) is 0 Å². The minimum atomic E-state index is -0.152. The largest absolute Gasteiger partial charge is 0.289 e. The second-order valence-corrected chi connectivity index (χ2v) is 8.09. The van der Waals surface area contributed by atoms with Crippen LogP contribution in [0, 0.1) is 6.92 Å². The SMILES string of the molecule is CCCSc1ccc(Cl)cc1Nn1cnc2c(Br)cc(C)cc2c1=O. The Kier molecular flexibility index (Phi) is 5.71. The van der Waals surface area contributed by atoms with E-state index in [0.717, 1.165) is 32.8 Å². The second kappa shape index (κ2) is 7.81. The van der Waals surface area contributed by atoms with E-state index in [0.29, 0.717) is 15.9 Å². The normalized spacial score (nSPS) is 11.0. The van der Waals surface area contributed by atoms with Crippen LogP contribution in [-0.2, 0) is 0 Å². The lowest BCUT2D eigenvalue weighted by atomic mass is 10.2. The van der Waals surface area contributed by atoms with Crippen molar-refractivity contribution in [2.75, 3.05) is 11.2 Å². The fraction of sp³-hybridized carbons (Fsp3) is 0.222. The van der Waals surface area contributed by atoms with E-state index in [9.17, 15) is 4.79 Å². The van der Waals surface area contributed by atoms with Gasteiger partial charge in [-0.2, -0.15) is 0 Å². The number of nitrogens with zero attached hydrogens (tertiary/aromatic N) is 2. The summed E-state index contributed by atoms with van der Waals surface area (Å²) in [6.45, 7) is 4.08. The molecule has 0 saturated heterocycles. The van der Waals surface area contributed by atoms with Gasteiger partial charge in [-0.05, 0) is 70.9 Å². The molecule has 0 atom stereocenters. The van der Waals surface area contributed by atoms with Crippen LogP contribution in [0.2, 0.25) is 5.02 Å². The maximum absolute atomic E-state index is 12.8. The number of fused-ring (bicyclic) bond motifs is 1. The van der Waals surface area contributed by atoms with Gasteiger partial charge >= 0.3 is 0 Å². The molecule has 4 nitrogen and oxygen atoms in total. The number of benzene rings is 2. The third kappa shape index (κ3) is 4.02. The Morgan fingerprint density at radius 2 is 2.12 bits per heavy atom. The molecule has 0 spiro atoms. The number of anilines is 1. The molecule has 0 aliphatic carbocycles. The van der Waals surface area contributed by atoms with E-state index in [1.165, 1.54) is 11.0 Å². The van der Waals surface area contributed by atoms with Crippen molar-refractivity contribution < 1.29 is 0 Å². The minimum Gasteiger partial charge on any atom is -0.289 e. The molecule has 0 amide bonds. The Balaban J connectivity index is 2.05. The Hall–Kier alpha value is -1.50. The van der Waals surface area contributed by atoms with Gasteiger partial charge in [0.1, 0.15) is 6.33 Å². The third-order valence-corrected chi connectivity index (χ3v) is 5.72. The Morgan fingerprint density at radius 1 is 1.32 bits per heavy atom. The number of rotatable bonds is 5. The highest BCUT2D eigenvalue weighted by Crippen LogP contribution is 2.30. The lowest BCUT2D eigenvalue weighted by Crippen LogP contribution is -2.27. The lowest BCUT2D eigenvalue weighted by Gasteiger charge is -2.14. The van der Waals surface area contributed by atoms with Crippen LogP contribution in [0.4, 0.5) is 5.69 Å². The van der Waals surface area contributed by atoms with E-state index < -0.39 is 0 Å². The molecule has 130 valence electrons. The Labute approximate surface area is 163 Å². The first-order valence-corrected chi connectivity index (χ1v) is 10.0. The molecule has 2 aromatic carbocycles. The molecular formula is C18H17BrClN3OS. The van der Waals surface area contributed by atoms with Crippen LogP contribution in [0.15, 0.2) is 50.8 Å². The molecule has 3 rings (SSSR count). The molecule has 1 heterocycles. The van der Waals surface area contributed by atoms with E-state index in [4.69, 9.17) is 11.6 Å². The number of nitrogens with one attached hydrogen (secondary N) is 1. The van der Waals surface area contributed by atoms with Crippen molar-refractivity contribution in [3.05, 3.63) is 62.1 Å². The quantitative estimate of drug-likeness (QED) is 0.534. The van der Waals surface area contributed by atoms with Crippen molar-refractivity contribution in [1.82, 2.24) is 9.66 Å². The number of aromatic nitrogens is 2. The summed E-state index contributed by atoms with van der Waals surface area (Å²) in [4.78, 5) is 18.3. The number of halogens is 2. The highest BCUT2D eigenvalue weighted by atomic mass is 79.9. The predicted octanol–water partition coefficient (Wildman–Crippen LogP) is 5.50. The van der Waals surface area contributed by atoms with E-state index in [1.54, 1.807) is 11.8 Å². The van der Waals surface area contributed by atoms with Crippen LogP contribution in [-0.4, -0.2) is 15.4 Å². The van der Waals surface area contributed by atoms with Crippen molar-refractivity contribution in [2.24, 2.45) is 0 Å². The topological polar surface area (TPSA) is 46.9 Å². The summed E-state index contributed by atoms with van der Waals surface area (Å²) in [6, 6.07) is 9.43. The highest BCUT2D eigenvalue weighted by molar-refractivity contribution is 9.10. The van der Waals surface area contributed by atoms with E-state index >= 15 is 0 Å². The molecule has 1 aromatic heterocycles. The molecule has 1 N–H and O–H groups in total. The second-order valence-electron chi connectivity index (χ2n) is 5.66. The van der Waals surface area contributed by atoms with Crippen molar-refractivity contribution in [2.45, 2.75) is 25.2 Å². The number of thioether (sulfide) groups is 1.